The Hall–Kier alpha value is -0.660. The van der Waals surface area contributed by atoms with E-state index in [1.807, 2.05) is 0 Å². The van der Waals surface area contributed by atoms with Crippen LogP contribution < -0.4 is 0 Å². The highest BCUT2D eigenvalue weighted by atomic mass is 16.1. The maximum Gasteiger partial charge on any atom is 0.209 e. The zero-order valence-corrected chi connectivity index (χ0v) is 28.4. The van der Waals surface area contributed by atoms with E-state index in [4.69, 9.17) is 0 Å². The largest absolute Gasteiger partial charge is 0.299 e. The Morgan fingerprint density at radius 3 is 0.902 bits per heavy atom. The number of hydrogen-bond donors (Lipinski definition) is 0. The standard InChI is InChI=1S/C39H75O2/c1-3-5-7-9-11-13-15-17-19-20-22-24-26-28-30-32-34-36-39(41)38(37-40)35-33-31-29-27-25-23-21-18-16-14-12-10-8-6-4-2/h38H,3-36H2,1-2H3. The van der Waals surface area contributed by atoms with E-state index in [-0.39, 0.29) is 5.78 Å². The van der Waals surface area contributed by atoms with Gasteiger partial charge in [0.25, 0.3) is 0 Å². The molecule has 41 heavy (non-hydrogen) atoms. The molecule has 0 fully saturated rings. The molecule has 1 atom stereocenters. The fourth-order valence-corrected chi connectivity index (χ4v) is 6.20. The van der Waals surface area contributed by atoms with Gasteiger partial charge in [-0.15, -0.1) is 0 Å². The zero-order valence-electron chi connectivity index (χ0n) is 28.4. The van der Waals surface area contributed by atoms with Crippen molar-refractivity contribution < 1.29 is 9.59 Å². The summed E-state index contributed by atoms with van der Waals surface area (Å²) in [6.07, 6.45) is 46.4. The first-order chi connectivity index (χ1) is 20.3. The molecule has 0 aromatic carbocycles. The molecule has 0 aliphatic rings. The van der Waals surface area contributed by atoms with Crippen molar-refractivity contribution in [1.82, 2.24) is 0 Å². The van der Waals surface area contributed by atoms with Gasteiger partial charge >= 0.3 is 0 Å². The Labute approximate surface area is 259 Å². The Bertz CT molecular complexity index is 514. The Balaban J connectivity index is 3.38. The molecule has 0 saturated carbocycles. The van der Waals surface area contributed by atoms with Gasteiger partial charge in [-0.05, 0) is 12.8 Å². The molecule has 243 valence electrons. The van der Waals surface area contributed by atoms with Crippen LogP contribution in [0.5, 0.6) is 0 Å². The maximum atomic E-state index is 12.5. The van der Waals surface area contributed by atoms with Gasteiger partial charge in [-0.3, -0.25) is 9.59 Å². The van der Waals surface area contributed by atoms with Crippen LogP contribution in [-0.2, 0) is 9.59 Å². The van der Waals surface area contributed by atoms with Gasteiger partial charge < -0.3 is 0 Å². The molecule has 0 aromatic rings. The van der Waals surface area contributed by atoms with Crippen LogP contribution in [0, 0.1) is 5.92 Å². The molecule has 0 aliphatic carbocycles. The fourth-order valence-electron chi connectivity index (χ4n) is 6.20. The molecule has 0 saturated heterocycles. The van der Waals surface area contributed by atoms with Crippen molar-refractivity contribution in [3.05, 3.63) is 0 Å². The Kier molecular flexibility index (Phi) is 35.0. The van der Waals surface area contributed by atoms with Crippen molar-refractivity contribution in [2.24, 2.45) is 5.92 Å². The van der Waals surface area contributed by atoms with Crippen molar-refractivity contribution in [3.63, 3.8) is 0 Å². The normalized spacial score (nSPS) is 12.1. The van der Waals surface area contributed by atoms with E-state index in [2.05, 4.69) is 20.1 Å². The second kappa shape index (κ2) is 35.5. The minimum Gasteiger partial charge on any atom is -0.299 e. The monoisotopic (exact) mass is 576 g/mol. The molecule has 2 nitrogen and oxygen atoms in total. The van der Waals surface area contributed by atoms with Crippen LogP contribution in [0.4, 0.5) is 0 Å². The van der Waals surface area contributed by atoms with E-state index in [1.165, 1.54) is 180 Å². The number of rotatable bonds is 36. The molecule has 1 unspecified atom stereocenters. The van der Waals surface area contributed by atoms with Crippen molar-refractivity contribution >= 4 is 12.1 Å². The van der Waals surface area contributed by atoms with E-state index >= 15 is 0 Å². The summed E-state index contributed by atoms with van der Waals surface area (Å²) < 4.78 is 0. The molecule has 2 heteroatoms. The maximum absolute atomic E-state index is 12.5. The molecular weight excluding hydrogens is 500 g/mol. The van der Waals surface area contributed by atoms with E-state index in [0.717, 1.165) is 32.1 Å². The zero-order chi connectivity index (χ0) is 29.9. The van der Waals surface area contributed by atoms with Crippen LogP contribution in [-0.4, -0.2) is 12.1 Å². The van der Waals surface area contributed by atoms with Crippen molar-refractivity contribution in [3.8, 4) is 0 Å². The first-order valence-corrected chi connectivity index (χ1v) is 19.2. The number of carbonyl (C=O) groups excluding carboxylic acids is 2. The van der Waals surface area contributed by atoms with Crippen molar-refractivity contribution in [2.45, 2.75) is 232 Å². The van der Waals surface area contributed by atoms with Crippen molar-refractivity contribution in [2.75, 3.05) is 0 Å². The van der Waals surface area contributed by atoms with Crippen LogP contribution >= 0.6 is 0 Å². The van der Waals surface area contributed by atoms with Gasteiger partial charge in [0.05, 0.1) is 5.92 Å². The number of Topliss-reactive ketones (excluding diaryl/α,β-unsaturated/α-hetero) is 1. The molecule has 0 aromatic heterocycles. The van der Waals surface area contributed by atoms with Crippen molar-refractivity contribution in [1.29, 1.82) is 0 Å². The van der Waals surface area contributed by atoms with E-state index in [0.29, 0.717) is 6.42 Å². The summed E-state index contributed by atoms with van der Waals surface area (Å²) in [5.41, 5.74) is 0. The number of hydrogen-bond acceptors (Lipinski definition) is 2. The summed E-state index contributed by atoms with van der Waals surface area (Å²) in [4.78, 5) is 23.8. The second-order valence-corrected chi connectivity index (χ2v) is 13.3. The third kappa shape index (κ3) is 32.1. The number of ketones is 1. The molecule has 0 heterocycles. The minimum absolute atomic E-state index is 0.145. The summed E-state index contributed by atoms with van der Waals surface area (Å²) in [6.45, 7) is 4.57. The van der Waals surface area contributed by atoms with Gasteiger partial charge in [-0.1, -0.05) is 213 Å². The van der Waals surface area contributed by atoms with Gasteiger partial charge in [-0.25, -0.2) is 0 Å². The van der Waals surface area contributed by atoms with E-state index in [1.54, 1.807) is 0 Å². The molecule has 0 bridgehead atoms. The summed E-state index contributed by atoms with van der Waals surface area (Å²) >= 11 is 0. The van der Waals surface area contributed by atoms with Crippen LogP contribution in [0.15, 0.2) is 0 Å². The molecule has 0 spiro atoms. The Morgan fingerprint density at radius 1 is 0.390 bits per heavy atom. The van der Waals surface area contributed by atoms with E-state index in [9.17, 15) is 9.59 Å². The predicted octanol–water partition coefficient (Wildman–Crippen LogP) is 13.6. The molecule has 0 rings (SSSR count). The molecule has 0 aliphatic heterocycles. The SMILES string of the molecule is CCCCCCCCCCCCCCCCCCCC(=O)C([C]=O)CCCCCCCCCCCCCCCCC. The third-order valence-corrected chi connectivity index (χ3v) is 9.15. The molecular formula is C39H75O2. The third-order valence-electron chi connectivity index (χ3n) is 9.15. The minimum atomic E-state index is -0.460. The topological polar surface area (TPSA) is 34.1 Å². The summed E-state index contributed by atoms with van der Waals surface area (Å²) in [5.74, 6) is -0.315. The highest BCUT2D eigenvalue weighted by molar-refractivity contribution is 5.93. The average molecular weight is 576 g/mol. The summed E-state index contributed by atoms with van der Waals surface area (Å²) in [5, 5.41) is 0. The summed E-state index contributed by atoms with van der Waals surface area (Å²) in [6, 6.07) is 0. The average Bonchev–Trinajstić information content (AvgIpc) is 2.98. The lowest BCUT2D eigenvalue weighted by atomic mass is 9.94. The molecule has 0 amide bonds. The summed E-state index contributed by atoms with van der Waals surface area (Å²) in [7, 11) is 0. The van der Waals surface area contributed by atoms with Crippen LogP contribution in [0.2, 0.25) is 0 Å². The van der Waals surface area contributed by atoms with Crippen LogP contribution in [0.3, 0.4) is 0 Å². The fraction of sp³-hybridized carbons (Fsp3) is 0.949. The highest BCUT2D eigenvalue weighted by Gasteiger charge is 2.17. The number of unbranched alkanes of at least 4 members (excludes halogenated alkanes) is 30. The molecule has 0 N–H and O–H groups in total. The van der Waals surface area contributed by atoms with Crippen LogP contribution in [0.25, 0.3) is 0 Å². The highest BCUT2D eigenvalue weighted by Crippen LogP contribution is 2.18. The molecule has 1 radical (unpaired) electrons. The quantitative estimate of drug-likeness (QED) is 0.0550. The van der Waals surface area contributed by atoms with Gasteiger partial charge in [-0.2, -0.15) is 0 Å². The lowest BCUT2D eigenvalue weighted by Crippen LogP contribution is -2.15. The first kappa shape index (κ1) is 40.3. The number of carbonyl (C=O) groups is 1. The van der Waals surface area contributed by atoms with Gasteiger partial charge in [0.2, 0.25) is 6.29 Å². The second-order valence-electron chi connectivity index (χ2n) is 13.3. The smallest absolute Gasteiger partial charge is 0.209 e. The Morgan fingerprint density at radius 2 is 0.634 bits per heavy atom. The van der Waals surface area contributed by atoms with Gasteiger partial charge in [0, 0.05) is 6.42 Å². The lowest BCUT2D eigenvalue weighted by molar-refractivity contribution is -0.121. The predicted molar refractivity (Wildman–Crippen MR) is 183 cm³/mol. The lowest BCUT2D eigenvalue weighted by Gasteiger charge is -2.09. The van der Waals surface area contributed by atoms with Gasteiger partial charge in [0.1, 0.15) is 5.78 Å². The van der Waals surface area contributed by atoms with E-state index < -0.39 is 5.92 Å². The van der Waals surface area contributed by atoms with Gasteiger partial charge in [0.15, 0.2) is 0 Å². The first-order valence-electron chi connectivity index (χ1n) is 19.2. The van der Waals surface area contributed by atoms with Crippen LogP contribution in [0.1, 0.15) is 232 Å².